The SMILES string of the molecule is CCNC(=NCC(=O)NCCOC)N1CCC(O)CC1. The zero-order valence-electron chi connectivity index (χ0n) is 12.4. The highest BCUT2D eigenvalue weighted by atomic mass is 16.5. The van der Waals surface area contributed by atoms with Gasteiger partial charge in [0.25, 0.3) is 0 Å². The number of aliphatic hydroxyl groups is 1. The molecule has 0 spiro atoms. The second-order valence-electron chi connectivity index (χ2n) is 4.73. The molecule has 1 amide bonds. The maximum absolute atomic E-state index is 11.6. The van der Waals surface area contributed by atoms with Gasteiger partial charge >= 0.3 is 0 Å². The number of aliphatic imine (C=N–C) groups is 1. The molecule has 0 bridgehead atoms. The Morgan fingerprint density at radius 2 is 2.10 bits per heavy atom. The Labute approximate surface area is 120 Å². The molecule has 0 saturated carbocycles. The minimum absolute atomic E-state index is 0.102. The zero-order chi connectivity index (χ0) is 14.8. The molecular formula is C13H26N4O3. The van der Waals surface area contributed by atoms with Crippen molar-refractivity contribution in [2.24, 2.45) is 4.99 Å². The van der Waals surface area contributed by atoms with Crippen molar-refractivity contribution in [3.63, 3.8) is 0 Å². The van der Waals surface area contributed by atoms with Gasteiger partial charge in [0.15, 0.2) is 5.96 Å². The van der Waals surface area contributed by atoms with Crippen molar-refractivity contribution < 1.29 is 14.6 Å². The van der Waals surface area contributed by atoms with E-state index in [1.54, 1.807) is 7.11 Å². The number of hydrogen-bond acceptors (Lipinski definition) is 4. The van der Waals surface area contributed by atoms with Crippen molar-refractivity contribution in [1.29, 1.82) is 0 Å². The highest BCUT2D eigenvalue weighted by molar-refractivity contribution is 5.85. The van der Waals surface area contributed by atoms with Crippen LogP contribution < -0.4 is 10.6 Å². The third-order valence-electron chi connectivity index (χ3n) is 3.10. The number of ether oxygens (including phenoxy) is 1. The van der Waals surface area contributed by atoms with Crippen LogP contribution in [0.4, 0.5) is 0 Å². The first-order chi connectivity index (χ1) is 9.67. The maximum Gasteiger partial charge on any atom is 0.241 e. The number of nitrogens with zero attached hydrogens (tertiary/aromatic N) is 2. The Balaban J connectivity index is 2.43. The van der Waals surface area contributed by atoms with Gasteiger partial charge < -0.3 is 25.4 Å². The standard InChI is InChI=1S/C13H26N4O3/c1-3-14-13(17-7-4-11(18)5-8-17)16-10-12(19)15-6-9-20-2/h11,18H,3-10H2,1-2H3,(H,14,16)(H,15,19). The van der Waals surface area contributed by atoms with E-state index in [1.807, 2.05) is 6.92 Å². The minimum Gasteiger partial charge on any atom is -0.393 e. The van der Waals surface area contributed by atoms with Gasteiger partial charge in [-0.2, -0.15) is 0 Å². The fourth-order valence-electron chi connectivity index (χ4n) is 2.00. The maximum atomic E-state index is 11.6. The minimum atomic E-state index is -0.216. The summed E-state index contributed by atoms with van der Waals surface area (Å²) in [4.78, 5) is 18.0. The van der Waals surface area contributed by atoms with Crippen LogP contribution in [0, 0.1) is 0 Å². The number of carbonyl (C=O) groups is 1. The van der Waals surface area contributed by atoms with Crippen LogP contribution in [0.15, 0.2) is 4.99 Å². The Hall–Kier alpha value is -1.34. The highest BCUT2D eigenvalue weighted by Crippen LogP contribution is 2.09. The van der Waals surface area contributed by atoms with E-state index in [4.69, 9.17) is 4.74 Å². The van der Waals surface area contributed by atoms with Crippen molar-refractivity contribution in [1.82, 2.24) is 15.5 Å². The summed E-state index contributed by atoms with van der Waals surface area (Å²) in [7, 11) is 1.60. The highest BCUT2D eigenvalue weighted by Gasteiger charge is 2.19. The number of carbonyl (C=O) groups excluding carboxylic acids is 1. The molecule has 0 aliphatic carbocycles. The van der Waals surface area contributed by atoms with Crippen LogP contribution in [0.25, 0.3) is 0 Å². The van der Waals surface area contributed by atoms with Crippen molar-refractivity contribution in [3.8, 4) is 0 Å². The fourth-order valence-corrected chi connectivity index (χ4v) is 2.00. The molecule has 1 heterocycles. The monoisotopic (exact) mass is 286 g/mol. The molecule has 7 nitrogen and oxygen atoms in total. The van der Waals surface area contributed by atoms with Crippen LogP contribution >= 0.6 is 0 Å². The van der Waals surface area contributed by atoms with Crippen molar-refractivity contribution in [2.45, 2.75) is 25.9 Å². The molecule has 1 fully saturated rings. The van der Waals surface area contributed by atoms with E-state index in [0.29, 0.717) is 13.2 Å². The Morgan fingerprint density at radius 3 is 2.70 bits per heavy atom. The number of methoxy groups -OCH3 is 1. The Kier molecular flexibility index (Phi) is 7.98. The molecule has 0 unspecified atom stereocenters. The van der Waals surface area contributed by atoms with Gasteiger partial charge in [-0.25, -0.2) is 4.99 Å². The Bertz CT molecular complexity index is 315. The topological polar surface area (TPSA) is 86.2 Å². The molecular weight excluding hydrogens is 260 g/mol. The summed E-state index contributed by atoms with van der Waals surface area (Å²) >= 11 is 0. The number of rotatable bonds is 6. The van der Waals surface area contributed by atoms with E-state index in [-0.39, 0.29) is 18.6 Å². The van der Waals surface area contributed by atoms with E-state index in [1.165, 1.54) is 0 Å². The Morgan fingerprint density at radius 1 is 1.40 bits per heavy atom. The van der Waals surface area contributed by atoms with Crippen molar-refractivity contribution in [3.05, 3.63) is 0 Å². The smallest absolute Gasteiger partial charge is 0.241 e. The largest absolute Gasteiger partial charge is 0.393 e. The number of piperidine rings is 1. The number of likely N-dealkylation sites (tertiary alicyclic amines) is 1. The lowest BCUT2D eigenvalue weighted by Crippen LogP contribution is -2.47. The molecule has 7 heteroatoms. The van der Waals surface area contributed by atoms with Gasteiger partial charge in [-0.3, -0.25) is 4.79 Å². The average molecular weight is 286 g/mol. The van der Waals surface area contributed by atoms with Gasteiger partial charge in [-0.15, -0.1) is 0 Å². The number of guanidine groups is 1. The molecule has 0 radical (unpaired) electrons. The molecule has 1 aliphatic rings. The summed E-state index contributed by atoms with van der Waals surface area (Å²) in [5.74, 6) is 0.621. The molecule has 1 saturated heterocycles. The summed E-state index contributed by atoms with van der Waals surface area (Å²) in [5.41, 5.74) is 0. The van der Waals surface area contributed by atoms with E-state index < -0.39 is 0 Å². The van der Waals surface area contributed by atoms with Gasteiger partial charge in [0, 0.05) is 33.3 Å². The summed E-state index contributed by atoms with van der Waals surface area (Å²) < 4.78 is 4.87. The van der Waals surface area contributed by atoms with E-state index in [0.717, 1.165) is 38.4 Å². The quantitative estimate of drug-likeness (QED) is 0.337. The van der Waals surface area contributed by atoms with E-state index in [2.05, 4.69) is 20.5 Å². The van der Waals surface area contributed by atoms with Crippen LogP contribution in [0.2, 0.25) is 0 Å². The number of hydrogen-bond donors (Lipinski definition) is 3. The summed E-state index contributed by atoms with van der Waals surface area (Å²) in [6.45, 7) is 5.37. The third kappa shape index (κ3) is 6.21. The number of amides is 1. The predicted octanol–water partition coefficient (Wildman–Crippen LogP) is -0.829. The van der Waals surface area contributed by atoms with E-state index in [9.17, 15) is 9.90 Å². The normalized spacial score (nSPS) is 17.1. The lowest BCUT2D eigenvalue weighted by Gasteiger charge is -2.32. The second kappa shape index (κ2) is 9.55. The molecule has 116 valence electrons. The molecule has 0 aromatic carbocycles. The summed E-state index contributed by atoms with van der Waals surface area (Å²) in [6.07, 6.45) is 1.26. The second-order valence-corrected chi connectivity index (χ2v) is 4.73. The lowest BCUT2D eigenvalue weighted by atomic mass is 10.1. The molecule has 1 rings (SSSR count). The van der Waals surface area contributed by atoms with Crippen molar-refractivity contribution in [2.75, 3.05) is 46.4 Å². The zero-order valence-corrected chi connectivity index (χ0v) is 12.4. The van der Waals surface area contributed by atoms with Gasteiger partial charge in [0.1, 0.15) is 6.54 Å². The fraction of sp³-hybridized carbons (Fsp3) is 0.846. The first-order valence-electron chi connectivity index (χ1n) is 7.14. The molecule has 1 aliphatic heterocycles. The predicted molar refractivity (Wildman–Crippen MR) is 77.7 cm³/mol. The first-order valence-corrected chi connectivity index (χ1v) is 7.14. The van der Waals surface area contributed by atoms with Gasteiger partial charge in [-0.05, 0) is 19.8 Å². The molecule has 0 aromatic rings. The van der Waals surface area contributed by atoms with Crippen LogP contribution in [-0.2, 0) is 9.53 Å². The average Bonchev–Trinajstić information content (AvgIpc) is 2.45. The molecule has 20 heavy (non-hydrogen) atoms. The number of nitrogens with one attached hydrogen (secondary N) is 2. The van der Waals surface area contributed by atoms with Crippen LogP contribution in [0.3, 0.4) is 0 Å². The number of aliphatic hydroxyl groups excluding tert-OH is 1. The lowest BCUT2D eigenvalue weighted by molar-refractivity contribution is -0.119. The summed E-state index contributed by atoms with van der Waals surface area (Å²) in [5, 5.41) is 15.4. The van der Waals surface area contributed by atoms with Crippen LogP contribution in [-0.4, -0.2) is 74.4 Å². The van der Waals surface area contributed by atoms with Crippen LogP contribution in [0.1, 0.15) is 19.8 Å². The van der Waals surface area contributed by atoms with Gasteiger partial charge in [0.2, 0.25) is 5.91 Å². The third-order valence-corrected chi connectivity index (χ3v) is 3.10. The van der Waals surface area contributed by atoms with E-state index >= 15 is 0 Å². The first kappa shape index (κ1) is 16.7. The molecule has 0 atom stereocenters. The molecule has 3 N–H and O–H groups in total. The summed E-state index contributed by atoms with van der Waals surface area (Å²) in [6, 6.07) is 0. The molecule has 0 aromatic heterocycles. The van der Waals surface area contributed by atoms with Gasteiger partial charge in [0.05, 0.1) is 12.7 Å². The van der Waals surface area contributed by atoms with Crippen LogP contribution in [0.5, 0.6) is 0 Å². The van der Waals surface area contributed by atoms with Crippen molar-refractivity contribution >= 4 is 11.9 Å². The van der Waals surface area contributed by atoms with Gasteiger partial charge in [-0.1, -0.05) is 0 Å².